The molecule has 1 fully saturated rings. The number of carbonyl (C=O) groups is 2. The number of carbonyl (C=O) groups excluding carboxylic acids is 2. The lowest BCUT2D eigenvalue weighted by molar-refractivity contribution is -0.118. The molecule has 192 valence electrons. The Morgan fingerprint density at radius 2 is 1.72 bits per heavy atom. The highest BCUT2D eigenvalue weighted by molar-refractivity contribution is 5.98. The smallest absolute Gasteiger partial charge is 0.319 e. The molecule has 2 aromatic carbocycles. The van der Waals surface area contributed by atoms with Crippen LogP contribution in [0.2, 0.25) is 0 Å². The normalized spacial score (nSPS) is 19.1. The molecule has 9 heteroatoms. The average Bonchev–Trinajstić information content (AvgIpc) is 2.88. The number of benzene rings is 2. The number of hydrogen-bond donors (Lipinski definition) is 3. The molecule has 2 heterocycles. The van der Waals surface area contributed by atoms with Crippen molar-refractivity contribution in [3.63, 3.8) is 0 Å². The first-order valence-electron chi connectivity index (χ1n) is 12.4. The van der Waals surface area contributed by atoms with Gasteiger partial charge in [-0.15, -0.1) is 0 Å². The Balaban J connectivity index is 1.31. The van der Waals surface area contributed by atoms with Crippen molar-refractivity contribution in [1.82, 2.24) is 20.9 Å². The molecule has 6 nitrogen and oxygen atoms in total. The highest BCUT2D eigenvalue weighted by Gasteiger charge is 2.32. The molecule has 3 amide bonds. The lowest BCUT2D eigenvalue weighted by Gasteiger charge is -2.32. The molecule has 36 heavy (non-hydrogen) atoms. The Morgan fingerprint density at radius 3 is 2.39 bits per heavy atom. The van der Waals surface area contributed by atoms with E-state index in [9.17, 15) is 22.8 Å². The van der Waals surface area contributed by atoms with Gasteiger partial charge in [-0.3, -0.25) is 4.79 Å². The summed E-state index contributed by atoms with van der Waals surface area (Å²) in [5.41, 5.74) is 2.22. The SMILES string of the molecule is CCC1=C(C(=O)NCCCN2CCC(c3ccc(F)cc3)CC2)C(c2ccc(F)c(F)c2)NC(=O)N1. The third-order valence-electron chi connectivity index (χ3n) is 6.89. The molecule has 0 spiro atoms. The summed E-state index contributed by atoms with van der Waals surface area (Å²) >= 11 is 0. The molecule has 0 bridgehead atoms. The lowest BCUT2D eigenvalue weighted by atomic mass is 9.89. The number of likely N-dealkylation sites (tertiary alicyclic amines) is 1. The van der Waals surface area contributed by atoms with Gasteiger partial charge in [0, 0.05) is 12.2 Å². The summed E-state index contributed by atoms with van der Waals surface area (Å²) in [5, 5.41) is 8.23. The van der Waals surface area contributed by atoms with Crippen LogP contribution in [-0.2, 0) is 4.79 Å². The maximum absolute atomic E-state index is 13.9. The maximum atomic E-state index is 13.9. The van der Waals surface area contributed by atoms with Gasteiger partial charge >= 0.3 is 6.03 Å². The van der Waals surface area contributed by atoms with Crippen LogP contribution in [0.1, 0.15) is 55.7 Å². The van der Waals surface area contributed by atoms with Crippen molar-refractivity contribution in [1.29, 1.82) is 0 Å². The summed E-state index contributed by atoms with van der Waals surface area (Å²) in [6, 6.07) is 8.71. The van der Waals surface area contributed by atoms with Gasteiger partial charge in [0.05, 0.1) is 11.6 Å². The standard InChI is InChI=1S/C27H31F3N4O2/c1-2-23-24(25(33-27(36)32-23)19-6-9-21(29)22(30)16-19)26(35)31-12-3-13-34-14-10-18(11-15-34)17-4-7-20(28)8-5-17/h4-9,16,18,25H,2-3,10-15H2,1H3,(H,31,35)(H2,32,33,36). The molecule has 1 saturated heterocycles. The van der Waals surface area contributed by atoms with Crippen LogP contribution in [0.25, 0.3) is 0 Å². The zero-order valence-corrected chi connectivity index (χ0v) is 20.3. The third-order valence-corrected chi connectivity index (χ3v) is 6.89. The minimum Gasteiger partial charge on any atom is -0.352 e. The largest absolute Gasteiger partial charge is 0.352 e. The summed E-state index contributed by atoms with van der Waals surface area (Å²) in [4.78, 5) is 27.6. The Hall–Kier alpha value is -3.33. The molecule has 4 rings (SSSR count). The Labute approximate surface area is 208 Å². The fourth-order valence-electron chi connectivity index (χ4n) is 4.93. The second-order valence-electron chi connectivity index (χ2n) is 9.23. The first kappa shape index (κ1) is 25.8. The van der Waals surface area contributed by atoms with Crippen molar-refractivity contribution in [3.05, 3.63) is 82.3 Å². The molecule has 1 unspecified atom stereocenters. The van der Waals surface area contributed by atoms with E-state index in [1.807, 2.05) is 19.1 Å². The quantitative estimate of drug-likeness (QED) is 0.467. The van der Waals surface area contributed by atoms with Gasteiger partial charge < -0.3 is 20.9 Å². The number of nitrogens with zero attached hydrogens (tertiary/aromatic N) is 1. The van der Waals surface area contributed by atoms with Gasteiger partial charge in [0.2, 0.25) is 0 Å². The van der Waals surface area contributed by atoms with Crippen molar-refractivity contribution in [2.24, 2.45) is 0 Å². The van der Waals surface area contributed by atoms with Crippen LogP contribution < -0.4 is 16.0 Å². The van der Waals surface area contributed by atoms with E-state index >= 15 is 0 Å². The molecule has 0 aromatic heterocycles. The van der Waals surface area contributed by atoms with Crippen molar-refractivity contribution in [2.45, 2.75) is 44.6 Å². The van der Waals surface area contributed by atoms with Crippen molar-refractivity contribution >= 4 is 11.9 Å². The molecule has 2 aliphatic heterocycles. The Bertz CT molecular complexity index is 1130. The van der Waals surface area contributed by atoms with E-state index in [0.29, 0.717) is 35.7 Å². The number of amides is 3. The van der Waals surface area contributed by atoms with Gasteiger partial charge in [0.25, 0.3) is 5.91 Å². The lowest BCUT2D eigenvalue weighted by Crippen LogP contribution is -2.47. The minimum atomic E-state index is -1.04. The van der Waals surface area contributed by atoms with Crippen LogP contribution in [0, 0.1) is 17.5 Å². The van der Waals surface area contributed by atoms with E-state index in [4.69, 9.17) is 0 Å². The second kappa shape index (κ2) is 11.6. The number of urea groups is 1. The monoisotopic (exact) mass is 500 g/mol. The van der Waals surface area contributed by atoms with E-state index in [2.05, 4.69) is 20.9 Å². The van der Waals surface area contributed by atoms with Crippen LogP contribution in [0.5, 0.6) is 0 Å². The maximum Gasteiger partial charge on any atom is 0.319 e. The number of nitrogens with one attached hydrogen (secondary N) is 3. The number of rotatable bonds is 8. The van der Waals surface area contributed by atoms with Gasteiger partial charge in [-0.1, -0.05) is 25.1 Å². The van der Waals surface area contributed by atoms with Gasteiger partial charge in [-0.05, 0) is 86.6 Å². The molecular weight excluding hydrogens is 469 g/mol. The van der Waals surface area contributed by atoms with E-state index in [-0.39, 0.29) is 11.7 Å². The predicted octanol–water partition coefficient (Wildman–Crippen LogP) is 4.51. The summed E-state index contributed by atoms with van der Waals surface area (Å²) in [7, 11) is 0. The van der Waals surface area contributed by atoms with Gasteiger partial charge in [0.1, 0.15) is 5.82 Å². The van der Waals surface area contributed by atoms with E-state index in [1.165, 1.54) is 23.8 Å². The fraction of sp³-hybridized carbons (Fsp3) is 0.407. The molecule has 2 aliphatic rings. The first-order chi connectivity index (χ1) is 17.4. The van der Waals surface area contributed by atoms with Gasteiger partial charge in [0.15, 0.2) is 11.6 Å². The average molecular weight is 501 g/mol. The zero-order valence-electron chi connectivity index (χ0n) is 20.3. The summed E-state index contributed by atoms with van der Waals surface area (Å²) < 4.78 is 40.5. The molecule has 0 radical (unpaired) electrons. The third kappa shape index (κ3) is 6.07. The minimum absolute atomic E-state index is 0.220. The molecule has 0 aliphatic carbocycles. The highest BCUT2D eigenvalue weighted by atomic mass is 19.2. The molecular formula is C27H31F3N4O2. The Morgan fingerprint density at radius 1 is 1.03 bits per heavy atom. The molecule has 0 saturated carbocycles. The first-order valence-corrected chi connectivity index (χ1v) is 12.4. The van der Waals surface area contributed by atoms with E-state index < -0.39 is 23.7 Å². The number of hydrogen-bond acceptors (Lipinski definition) is 3. The van der Waals surface area contributed by atoms with Gasteiger partial charge in [-0.2, -0.15) is 0 Å². The van der Waals surface area contributed by atoms with Crippen LogP contribution in [0.15, 0.2) is 53.7 Å². The molecule has 2 aromatic rings. The van der Waals surface area contributed by atoms with Crippen molar-refractivity contribution in [3.8, 4) is 0 Å². The number of halogens is 3. The Kier molecular flexibility index (Phi) is 8.30. The molecule has 3 N–H and O–H groups in total. The van der Waals surface area contributed by atoms with E-state index in [1.54, 1.807) is 0 Å². The summed E-state index contributed by atoms with van der Waals surface area (Å²) in [6.07, 6.45) is 3.16. The van der Waals surface area contributed by atoms with Crippen LogP contribution in [-0.4, -0.2) is 43.0 Å². The predicted molar refractivity (Wildman–Crippen MR) is 131 cm³/mol. The number of piperidine rings is 1. The van der Waals surface area contributed by atoms with Crippen LogP contribution in [0.4, 0.5) is 18.0 Å². The van der Waals surface area contributed by atoms with Crippen molar-refractivity contribution < 1.29 is 22.8 Å². The topological polar surface area (TPSA) is 73.5 Å². The number of allylic oxidation sites excluding steroid dienone is 1. The molecule has 1 atom stereocenters. The van der Waals surface area contributed by atoms with Crippen LogP contribution in [0.3, 0.4) is 0 Å². The van der Waals surface area contributed by atoms with E-state index in [0.717, 1.165) is 51.0 Å². The zero-order chi connectivity index (χ0) is 25.7. The highest BCUT2D eigenvalue weighted by Crippen LogP contribution is 2.30. The van der Waals surface area contributed by atoms with Crippen LogP contribution >= 0.6 is 0 Å². The summed E-state index contributed by atoms with van der Waals surface area (Å²) in [6.45, 7) is 4.96. The fourth-order valence-corrected chi connectivity index (χ4v) is 4.93. The summed E-state index contributed by atoms with van der Waals surface area (Å²) in [5.74, 6) is -2.18. The second-order valence-corrected chi connectivity index (χ2v) is 9.23. The van der Waals surface area contributed by atoms with Crippen molar-refractivity contribution in [2.75, 3.05) is 26.2 Å². The van der Waals surface area contributed by atoms with Gasteiger partial charge in [-0.25, -0.2) is 18.0 Å².